The van der Waals surface area contributed by atoms with E-state index in [2.05, 4.69) is 9.47 Å². The van der Waals surface area contributed by atoms with E-state index in [9.17, 15) is 31.1 Å². The normalized spacial score (nSPS) is 12.9. The van der Waals surface area contributed by atoms with Crippen LogP contribution in [0.2, 0.25) is 0 Å². The Hall–Kier alpha value is -0.990. The van der Waals surface area contributed by atoms with E-state index in [1.54, 1.807) is 0 Å². The predicted octanol–water partition coefficient (Wildman–Crippen LogP) is 2.45. The summed E-state index contributed by atoms with van der Waals surface area (Å²) in [4.78, 5) is 10.5. The maximum Gasteiger partial charge on any atom is 0.423 e. The van der Waals surface area contributed by atoms with E-state index in [0.29, 0.717) is 0 Å². The molecule has 0 aromatic heterocycles. The second-order valence-corrected chi connectivity index (χ2v) is 3.01. The largest absolute Gasteiger partial charge is 0.469 e. The second kappa shape index (κ2) is 6.08. The Morgan fingerprint density at radius 1 is 1.12 bits per heavy atom. The molecule has 0 aliphatic heterocycles. The minimum absolute atomic E-state index is 0.282. The molecule has 0 bridgehead atoms. The third-order valence-electron chi connectivity index (χ3n) is 1.63. The van der Waals surface area contributed by atoms with E-state index in [1.807, 2.05) is 0 Å². The zero-order valence-electron chi connectivity index (χ0n) is 8.69. The molecule has 0 aromatic carbocycles. The Labute approximate surface area is 92.7 Å². The summed E-state index contributed by atoms with van der Waals surface area (Å²) in [6, 6.07) is 0. The fraction of sp³-hybridized carbons (Fsp3) is 0.875. The number of halogens is 6. The van der Waals surface area contributed by atoms with Crippen LogP contribution >= 0.6 is 0 Å². The first kappa shape index (κ1) is 16.0. The number of ether oxygens (including phenoxy) is 2. The van der Waals surface area contributed by atoms with Crippen LogP contribution < -0.4 is 0 Å². The lowest BCUT2D eigenvalue weighted by atomic mass is 10.3. The van der Waals surface area contributed by atoms with Crippen LogP contribution in [0.4, 0.5) is 26.3 Å². The molecule has 0 amide bonds. The molecule has 0 heterocycles. The molecule has 0 aliphatic rings. The molecule has 0 saturated heterocycles. The van der Waals surface area contributed by atoms with Gasteiger partial charge < -0.3 is 9.47 Å². The Morgan fingerprint density at radius 3 is 1.94 bits per heavy atom. The lowest BCUT2D eigenvalue weighted by molar-refractivity contribution is -0.321. The number of rotatable bonds is 5. The summed E-state index contributed by atoms with van der Waals surface area (Å²) in [5.41, 5.74) is 0. The van der Waals surface area contributed by atoms with Crippen LogP contribution in [0.25, 0.3) is 0 Å². The first-order valence-corrected chi connectivity index (χ1v) is 4.41. The highest BCUT2D eigenvalue weighted by Gasteiger charge is 2.57. The van der Waals surface area contributed by atoms with Gasteiger partial charge in [-0.15, -0.1) is 0 Å². The molecule has 0 fully saturated rings. The van der Waals surface area contributed by atoms with Crippen LogP contribution in [0.15, 0.2) is 0 Å². The van der Waals surface area contributed by atoms with Gasteiger partial charge in [-0.2, -0.15) is 26.3 Å². The van der Waals surface area contributed by atoms with Crippen LogP contribution in [0.3, 0.4) is 0 Å². The van der Waals surface area contributed by atoms with E-state index >= 15 is 0 Å². The average molecular weight is 268 g/mol. The molecule has 102 valence electrons. The van der Waals surface area contributed by atoms with Crippen molar-refractivity contribution in [1.29, 1.82) is 0 Å². The van der Waals surface area contributed by atoms with E-state index in [4.69, 9.17) is 0 Å². The molecular formula is C8H10F6O3. The van der Waals surface area contributed by atoms with Gasteiger partial charge in [0, 0.05) is 13.0 Å². The SMILES string of the molecule is COC(=O)CCCOC(C(F)(F)F)C(F)(F)F. The highest BCUT2D eigenvalue weighted by molar-refractivity contribution is 5.68. The van der Waals surface area contributed by atoms with E-state index in [1.165, 1.54) is 0 Å². The molecule has 17 heavy (non-hydrogen) atoms. The molecule has 0 unspecified atom stereocenters. The smallest absolute Gasteiger partial charge is 0.423 e. The third-order valence-corrected chi connectivity index (χ3v) is 1.63. The summed E-state index contributed by atoms with van der Waals surface area (Å²) < 4.78 is 79.4. The van der Waals surface area contributed by atoms with Crippen molar-refractivity contribution in [2.75, 3.05) is 13.7 Å². The maximum atomic E-state index is 11.9. The van der Waals surface area contributed by atoms with Crippen molar-refractivity contribution in [3.63, 3.8) is 0 Å². The Kier molecular flexibility index (Phi) is 5.73. The zero-order chi connectivity index (χ0) is 13.7. The van der Waals surface area contributed by atoms with Gasteiger partial charge in [0.2, 0.25) is 6.10 Å². The Balaban J connectivity index is 4.17. The van der Waals surface area contributed by atoms with Crippen LogP contribution in [0.1, 0.15) is 12.8 Å². The van der Waals surface area contributed by atoms with Gasteiger partial charge in [0.15, 0.2) is 0 Å². The van der Waals surface area contributed by atoms with Gasteiger partial charge in [0.25, 0.3) is 0 Å². The summed E-state index contributed by atoms with van der Waals surface area (Å²) in [5.74, 6) is -0.732. The van der Waals surface area contributed by atoms with Gasteiger partial charge >= 0.3 is 18.3 Å². The van der Waals surface area contributed by atoms with E-state index in [0.717, 1.165) is 7.11 Å². The van der Waals surface area contributed by atoms with Gasteiger partial charge in [-0.25, -0.2) is 0 Å². The zero-order valence-corrected chi connectivity index (χ0v) is 8.69. The Bertz CT molecular complexity index is 233. The van der Waals surface area contributed by atoms with E-state index < -0.39 is 31.0 Å². The summed E-state index contributed by atoms with van der Waals surface area (Å²) in [6.07, 6.45) is -15.5. The number of carbonyl (C=O) groups excluding carboxylic acids is 1. The average Bonchev–Trinajstić information content (AvgIpc) is 2.12. The lowest BCUT2D eigenvalue weighted by Gasteiger charge is -2.22. The number of hydrogen-bond acceptors (Lipinski definition) is 3. The fourth-order valence-corrected chi connectivity index (χ4v) is 0.894. The van der Waals surface area contributed by atoms with Crippen molar-refractivity contribution in [3.8, 4) is 0 Å². The molecule has 9 heteroatoms. The van der Waals surface area contributed by atoms with Gasteiger partial charge in [-0.3, -0.25) is 4.79 Å². The maximum absolute atomic E-state index is 11.9. The van der Waals surface area contributed by atoms with Crippen molar-refractivity contribution < 1.29 is 40.6 Å². The van der Waals surface area contributed by atoms with Crippen LogP contribution in [0.5, 0.6) is 0 Å². The summed E-state index contributed by atoms with van der Waals surface area (Å²) >= 11 is 0. The summed E-state index contributed by atoms with van der Waals surface area (Å²) in [5, 5.41) is 0. The quantitative estimate of drug-likeness (QED) is 0.436. The molecule has 0 radical (unpaired) electrons. The van der Waals surface area contributed by atoms with Crippen molar-refractivity contribution in [2.24, 2.45) is 0 Å². The minimum Gasteiger partial charge on any atom is -0.469 e. The van der Waals surface area contributed by atoms with Crippen molar-refractivity contribution in [1.82, 2.24) is 0 Å². The molecule has 0 N–H and O–H groups in total. The first-order chi connectivity index (χ1) is 7.59. The third kappa shape index (κ3) is 6.35. The minimum atomic E-state index is -5.52. The van der Waals surface area contributed by atoms with Crippen LogP contribution in [0, 0.1) is 0 Å². The highest BCUT2D eigenvalue weighted by Crippen LogP contribution is 2.35. The van der Waals surface area contributed by atoms with E-state index in [-0.39, 0.29) is 12.8 Å². The summed E-state index contributed by atoms with van der Waals surface area (Å²) in [7, 11) is 1.05. The molecule has 0 aromatic rings. The fourth-order valence-electron chi connectivity index (χ4n) is 0.894. The molecule has 0 saturated carbocycles. The molecular weight excluding hydrogens is 258 g/mol. The van der Waals surface area contributed by atoms with Gasteiger partial charge in [-0.05, 0) is 6.42 Å². The summed E-state index contributed by atoms with van der Waals surface area (Å²) in [6.45, 7) is -0.835. The number of alkyl halides is 6. The highest BCUT2D eigenvalue weighted by atomic mass is 19.4. The first-order valence-electron chi connectivity index (χ1n) is 4.41. The number of carbonyl (C=O) groups is 1. The van der Waals surface area contributed by atoms with Crippen molar-refractivity contribution in [3.05, 3.63) is 0 Å². The van der Waals surface area contributed by atoms with Crippen molar-refractivity contribution >= 4 is 5.97 Å². The van der Waals surface area contributed by atoms with Crippen LogP contribution in [-0.2, 0) is 14.3 Å². The second-order valence-electron chi connectivity index (χ2n) is 3.01. The van der Waals surface area contributed by atoms with Crippen LogP contribution in [-0.4, -0.2) is 38.1 Å². The lowest BCUT2D eigenvalue weighted by Crippen LogP contribution is -2.44. The standard InChI is InChI=1S/C8H10F6O3/c1-16-5(15)3-2-4-17-6(7(9,10)11)8(12,13)14/h6H,2-4H2,1H3. The molecule has 0 spiro atoms. The van der Waals surface area contributed by atoms with Gasteiger partial charge in [0.1, 0.15) is 0 Å². The predicted molar refractivity (Wildman–Crippen MR) is 43.1 cm³/mol. The molecule has 3 nitrogen and oxygen atoms in total. The Morgan fingerprint density at radius 2 is 1.59 bits per heavy atom. The number of methoxy groups -OCH3 is 1. The molecule has 0 rings (SSSR count). The monoisotopic (exact) mass is 268 g/mol. The van der Waals surface area contributed by atoms with Crippen molar-refractivity contribution in [2.45, 2.75) is 31.3 Å². The number of hydrogen-bond donors (Lipinski definition) is 0. The van der Waals surface area contributed by atoms with Gasteiger partial charge in [0.05, 0.1) is 7.11 Å². The molecule has 0 aliphatic carbocycles. The topological polar surface area (TPSA) is 35.5 Å². The number of esters is 1. The van der Waals surface area contributed by atoms with Gasteiger partial charge in [-0.1, -0.05) is 0 Å². The molecule has 0 atom stereocenters.